The average Bonchev–Trinajstić information content (AvgIpc) is 3.34. The highest BCUT2D eigenvalue weighted by Crippen LogP contribution is 2.46. The number of hydrogen-bond donors (Lipinski definition) is 2. The Bertz CT molecular complexity index is 452. The zero-order valence-corrected chi connectivity index (χ0v) is 15.7. The van der Waals surface area contributed by atoms with E-state index in [4.69, 9.17) is 4.74 Å². The van der Waals surface area contributed by atoms with E-state index in [9.17, 15) is 10.2 Å². The van der Waals surface area contributed by atoms with Crippen LogP contribution in [0.2, 0.25) is 0 Å². The van der Waals surface area contributed by atoms with E-state index < -0.39 is 0 Å². The summed E-state index contributed by atoms with van der Waals surface area (Å²) in [5.74, 6) is 1.70. The van der Waals surface area contributed by atoms with Gasteiger partial charge in [-0.15, -0.1) is 0 Å². The Morgan fingerprint density at radius 3 is 2.56 bits per heavy atom. The van der Waals surface area contributed by atoms with Gasteiger partial charge < -0.3 is 14.9 Å². The van der Waals surface area contributed by atoms with Crippen molar-refractivity contribution in [3.8, 4) is 0 Å². The third-order valence-corrected chi connectivity index (χ3v) is 6.55. The lowest BCUT2D eigenvalue weighted by molar-refractivity contribution is 0.0899. The molecule has 3 nitrogen and oxygen atoms in total. The van der Waals surface area contributed by atoms with Crippen molar-refractivity contribution >= 4 is 0 Å². The first-order chi connectivity index (χ1) is 12.2. The van der Waals surface area contributed by atoms with Gasteiger partial charge in [0.05, 0.1) is 24.4 Å². The molecule has 2 saturated heterocycles. The van der Waals surface area contributed by atoms with Gasteiger partial charge in [0.2, 0.25) is 0 Å². The van der Waals surface area contributed by atoms with Gasteiger partial charge >= 0.3 is 0 Å². The molecule has 2 bridgehead atoms. The van der Waals surface area contributed by atoms with E-state index in [0.717, 1.165) is 38.0 Å². The maximum atomic E-state index is 10.4. The second kappa shape index (κ2) is 9.34. The fourth-order valence-corrected chi connectivity index (χ4v) is 4.98. The molecule has 0 radical (unpaired) electrons. The van der Waals surface area contributed by atoms with E-state index in [1.807, 2.05) is 13.0 Å². The van der Waals surface area contributed by atoms with Gasteiger partial charge in [-0.05, 0) is 50.4 Å². The maximum Gasteiger partial charge on any atom is 0.0723 e. The SMILES string of the molecule is CC[C@@H](O)CC=CC[C@@H]1C(C=CC(O)CC2CCCC2)[C@@H]2CC[C@H]1O2. The summed E-state index contributed by atoms with van der Waals surface area (Å²) < 4.78 is 6.15. The molecule has 3 fully saturated rings. The van der Waals surface area contributed by atoms with E-state index in [0.29, 0.717) is 24.0 Å². The Hall–Kier alpha value is -0.640. The van der Waals surface area contributed by atoms with Crippen molar-refractivity contribution in [2.45, 2.75) is 95.5 Å². The van der Waals surface area contributed by atoms with Crippen molar-refractivity contribution in [1.29, 1.82) is 0 Å². The van der Waals surface area contributed by atoms with Crippen molar-refractivity contribution < 1.29 is 14.9 Å². The first kappa shape index (κ1) is 19.1. The zero-order chi connectivity index (χ0) is 17.6. The first-order valence-corrected chi connectivity index (χ1v) is 10.5. The first-order valence-electron chi connectivity index (χ1n) is 10.5. The molecule has 0 aromatic heterocycles. The van der Waals surface area contributed by atoms with Crippen molar-refractivity contribution in [3.63, 3.8) is 0 Å². The van der Waals surface area contributed by atoms with Crippen molar-refractivity contribution in [1.82, 2.24) is 0 Å². The summed E-state index contributed by atoms with van der Waals surface area (Å²) in [6, 6.07) is 0. The minimum atomic E-state index is -0.293. The van der Waals surface area contributed by atoms with Crippen LogP contribution in [0.3, 0.4) is 0 Å². The summed E-state index contributed by atoms with van der Waals surface area (Å²) in [7, 11) is 0. The van der Waals surface area contributed by atoms with Gasteiger partial charge in [-0.2, -0.15) is 0 Å². The molecule has 1 aliphatic carbocycles. The van der Waals surface area contributed by atoms with Crippen LogP contribution in [0.1, 0.15) is 71.1 Å². The van der Waals surface area contributed by atoms with E-state index >= 15 is 0 Å². The molecule has 2 unspecified atom stereocenters. The van der Waals surface area contributed by atoms with Crippen molar-refractivity contribution in [3.05, 3.63) is 24.3 Å². The third kappa shape index (κ3) is 5.18. The van der Waals surface area contributed by atoms with E-state index in [2.05, 4.69) is 18.2 Å². The molecule has 0 aromatic carbocycles. The fraction of sp³-hybridized carbons (Fsp3) is 0.818. The molecule has 0 amide bonds. The van der Waals surface area contributed by atoms with Crippen LogP contribution >= 0.6 is 0 Å². The molecule has 3 heteroatoms. The molecule has 25 heavy (non-hydrogen) atoms. The molecular formula is C22H36O3. The molecule has 2 aliphatic heterocycles. The van der Waals surface area contributed by atoms with Crippen molar-refractivity contribution in [2.24, 2.45) is 17.8 Å². The standard InChI is InChI=1S/C22H36O3/c1-2-17(23)9-5-6-10-19-20(22-14-13-21(19)25-22)12-11-18(24)15-16-7-3-4-8-16/h5-6,11-12,16-24H,2-4,7-10,13-15H2,1H3/t17-,18?,19-,20?,21-,22+/m1/s1. The van der Waals surface area contributed by atoms with Gasteiger partial charge in [0.1, 0.15) is 0 Å². The van der Waals surface area contributed by atoms with Gasteiger partial charge in [-0.3, -0.25) is 0 Å². The summed E-state index contributed by atoms with van der Waals surface area (Å²) >= 11 is 0. The molecule has 2 heterocycles. The van der Waals surface area contributed by atoms with E-state index in [1.165, 1.54) is 32.1 Å². The lowest BCUT2D eigenvalue weighted by Gasteiger charge is -2.25. The highest BCUT2D eigenvalue weighted by Gasteiger charge is 2.46. The molecule has 1 saturated carbocycles. The molecule has 0 aromatic rings. The zero-order valence-electron chi connectivity index (χ0n) is 15.7. The molecule has 3 aliphatic rings. The van der Waals surface area contributed by atoms with Gasteiger partial charge in [0, 0.05) is 5.92 Å². The van der Waals surface area contributed by atoms with Crippen LogP contribution in [0.5, 0.6) is 0 Å². The highest BCUT2D eigenvalue weighted by atomic mass is 16.5. The summed E-state index contributed by atoms with van der Waals surface area (Å²) in [6.45, 7) is 2.01. The lowest BCUT2D eigenvalue weighted by atomic mass is 9.77. The monoisotopic (exact) mass is 348 g/mol. The number of allylic oxidation sites excluding steroid dienone is 1. The Morgan fingerprint density at radius 2 is 1.80 bits per heavy atom. The minimum Gasteiger partial charge on any atom is -0.393 e. The number of rotatable bonds is 9. The molecule has 2 N–H and O–H groups in total. The predicted molar refractivity (Wildman–Crippen MR) is 101 cm³/mol. The lowest BCUT2D eigenvalue weighted by Crippen LogP contribution is -2.25. The number of aliphatic hydroxyl groups excluding tert-OH is 2. The summed E-state index contributed by atoms with van der Waals surface area (Å²) in [5.41, 5.74) is 0. The molecular weight excluding hydrogens is 312 g/mol. The molecule has 0 spiro atoms. The topological polar surface area (TPSA) is 49.7 Å². The molecule has 142 valence electrons. The normalized spacial score (nSPS) is 35.3. The van der Waals surface area contributed by atoms with Crippen LogP contribution in [0, 0.1) is 17.8 Å². The average molecular weight is 349 g/mol. The molecule has 6 atom stereocenters. The Labute approximate surface area is 153 Å². The van der Waals surface area contributed by atoms with Crippen LogP contribution in [0.25, 0.3) is 0 Å². The Morgan fingerprint density at radius 1 is 1.04 bits per heavy atom. The van der Waals surface area contributed by atoms with Crippen LogP contribution in [0.15, 0.2) is 24.3 Å². The van der Waals surface area contributed by atoms with Gasteiger partial charge in [0.25, 0.3) is 0 Å². The largest absolute Gasteiger partial charge is 0.393 e. The van der Waals surface area contributed by atoms with Crippen LogP contribution in [-0.2, 0) is 4.74 Å². The van der Waals surface area contributed by atoms with E-state index in [1.54, 1.807) is 0 Å². The number of fused-ring (bicyclic) bond motifs is 2. The fourth-order valence-electron chi connectivity index (χ4n) is 4.98. The third-order valence-electron chi connectivity index (χ3n) is 6.55. The Kier molecular flexibility index (Phi) is 7.15. The summed E-state index contributed by atoms with van der Waals surface area (Å²) in [4.78, 5) is 0. The van der Waals surface area contributed by atoms with Gasteiger partial charge in [0.15, 0.2) is 0 Å². The quantitative estimate of drug-likeness (QED) is 0.608. The second-order valence-electron chi connectivity index (χ2n) is 8.37. The van der Waals surface area contributed by atoms with Gasteiger partial charge in [-0.1, -0.05) is 56.9 Å². The molecule has 3 rings (SSSR count). The van der Waals surface area contributed by atoms with Crippen LogP contribution in [-0.4, -0.2) is 34.6 Å². The van der Waals surface area contributed by atoms with Crippen LogP contribution in [0.4, 0.5) is 0 Å². The summed E-state index contributed by atoms with van der Waals surface area (Å²) in [6.07, 6.45) is 20.0. The number of aliphatic hydroxyl groups is 2. The van der Waals surface area contributed by atoms with Crippen molar-refractivity contribution in [2.75, 3.05) is 0 Å². The maximum absolute atomic E-state index is 10.4. The van der Waals surface area contributed by atoms with Crippen LogP contribution < -0.4 is 0 Å². The number of hydrogen-bond acceptors (Lipinski definition) is 3. The smallest absolute Gasteiger partial charge is 0.0723 e. The van der Waals surface area contributed by atoms with E-state index in [-0.39, 0.29) is 12.2 Å². The summed E-state index contributed by atoms with van der Waals surface area (Å²) in [5, 5.41) is 20.0. The highest BCUT2D eigenvalue weighted by molar-refractivity contribution is 5.08. The predicted octanol–water partition coefficient (Wildman–Crippen LogP) is 4.38. The Balaban J connectivity index is 1.50. The minimum absolute atomic E-state index is 0.214. The van der Waals surface area contributed by atoms with Gasteiger partial charge in [-0.25, -0.2) is 0 Å². The number of ether oxygens (including phenoxy) is 1. The second-order valence-corrected chi connectivity index (χ2v) is 8.37.